The van der Waals surface area contributed by atoms with Gasteiger partial charge in [0.05, 0.1) is 25.8 Å². The van der Waals surface area contributed by atoms with Crippen molar-refractivity contribution >= 4 is 34.7 Å². The zero-order chi connectivity index (χ0) is 17.5. The lowest BCUT2D eigenvalue weighted by Crippen LogP contribution is -2.13. The highest BCUT2D eigenvalue weighted by Crippen LogP contribution is 2.38. The molecule has 0 atom stereocenters. The second kappa shape index (κ2) is 8.21. The van der Waals surface area contributed by atoms with Crippen molar-refractivity contribution in [3.8, 4) is 11.5 Å². The fourth-order valence-corrected chi connectivity index (χ4v) is 2.10. The lowest BCUT2D eigenvalue weighted by molar-refractivity contribution is 0.102. The van der Waals surface area contributed by atoms with E-state index >= 15 is 0 Å². The van der Waals surface area contributed by atoms with Crippen LogP contribution in [-0.4, -0.2) is 31.8 Å². The number of amidine groups is 1. The summed E-state index contributed by atoms with van der Waals surface area (Å²) in [7, 11) is 3.00. The molecule has 0 unspecified atom stereocenters. The molecular formula is C17H18ClN3O3. The molecule has 0 spiro atoms. The minimum atomic E-state index is -0.257. The lowest BCUT2D eigenvalue weighted by atomic mass is 10.2. The molecule has 0 aliphatic rings. The minimum absolute atomic E-state index is 0.0952. The summed E-state index contributed by atoms with van der Waals surface area (Å²) < 4.78 is 10.6. The molecule has 3 N–H and O–H groups in total. The molecule has 0 radical (unpaired) electrons. The number of nitrogens with zero attached hydrogens (tertiary/aromatic N) is 1. The predicted octanol–water partition coefficient (Wildman–Crippen LogP) is 3.18. The molecule has 126 valence electrons. The maximum absolute atomic E-state index is 12.3. The van der Waals surface area contributed by atoms with E-state index in [0.29, 0.717) is 28.4 Å². The van der Waals surface area contributed by atoms with Crippen molar-refractivity contribution in [1.29, 1.82) is 0 Å². The van der Waals surface area contributed by atoms with Gasteiger partial charge in [0.2, 0.25) is 0 Å². The van der Waals surface area contributed by atoms with E-state index in [1.165, 1.54) is 14.2 Å². The molecule has 6 nitrogen and oxygen atoms in total. The van der Waals surface area contributed by atoms with E-state index < -0.39 is 0 Å². The molecule has 2 aromatic carbocycles. The highest BCUT2D eigenvalue weighted by molar-refractivity contribution is 6.28. The van der Waals surface area contributed by atoms with Gasteiger partial charge < -0.3 is 20.5 Å². The largest absolute Gasteiger partial charge is 0.494 e. The molecule has 2 rings (SSSR count). The van der Waals surface area contributed by atoms with Crippen molar-refractivity contribution < 1.29 is 14.3 Å². The van der Waals surface area contributed by atoms with E-state index in [9.17, 15) is 4.79 Å². The van der Waals surface area contributed by atoms with Crippen molar-refractivity contribution in [2.45, 2.75) is 0 Å². The van der Waals surface area contributed by atoms with Crippen LogP contribution in [0, 0.1) is 0 Å². The van der Waals surface area contributed by atoms with Gasteiger partial charge in [-0.15, -0.1) is 11.6 Å². The number of ether oxygens (including phenoxy) is 2. The molecule has 0 aromatic heterocycles. The fourth-order valence-electron chi connectivity index (χ4n) is 2.04. The minimum Gasteiger partial charge on any atom is -0.494 e. The number of alkyl halides is 1. The molecule has 0 aliphatic heterocycles. The van der Waals surface area contributed by atoms with Crippen LogP contribution >= 0.6 is 11.6 Å². The van der Waals surface area contributed by atoms with Crippen molar-refractivity contribution in [2.24, 2.45) is 10.7 Å². The Bertz CT molecular complexity index is 748. The van der Waals surface area contributed by atoms with Gasteiger partial charge in [-0.2, -0.15) is 0 Å². The van der Waals surface area contributed by atoms with Crippen LogP contribution in [0.4, 0.5) is 11.4 Å². The van der Waals surface area contributed by atoms with Crippen LogP contribution in [0.15, 0.2) is 47.5 Å². The molecule has 0 fully saturated rings. The van der Waals surface area contributed by atoms with E-state index in [0.717, 1.165) is 0 Å². The quantitative estimate of drug-likeness (QED) is 0.477. The first kappa shape index (κ1) is 17.6. The Labute approximate surface area is 145 Å². The number of aliphatic imine (C=N–C) groups is 1. The summed E-state index contributed by atoms with van der Waals surface area (Å²) in [5.41, 5.74) is 7.13. The Hall–Kier alpha value is -2.73. The standard InChI is InChI=1S/C17H18ClN3O3/c1-23-14-9-13(21-17(22)11-6-4-3-5-7-11)15(24-2)8-12(14)20-16(19)10-18/h3-9H,10H2,1-2H3,(H2,19,20)(H,21,22). The highest BCUT2D eigenvalue weighted by atomic mass is 35.5. The first-order chi connectivity index (χ1) is 11.6. The Morgan fingerprint density at radius 1 is 1.17 bits per heavy atom. The average molecular weight is 348 g/mol. The summed E-state index contributed by atoms with van der Waals surface area (Å²) in [6, 6.07) is 12.1. The number of hydrogen-bond donors (Lipinski definition) is 2. The first-order valence-corrected chi connectivity index (χ1v) is 7.64. The van der Waals surface area contributed by atoms with E-state index in [1.807, 2.05) is 6.07 Å². The van der Waals surface area contributed by atoms with Gasteiger partial charge in [0.1, 0.15) is 23.0 Å². The van der Waals surface area contributed by atoms with Crippen LogP contribution < -0.4 is 20.5 Å². The monoisotopic (exact) mass is 347 g/mol. The summed E-state index contributed by atoms with van der Waals surface area (Å²) in [5.74, 6) is 0.955. The van der Waals surface area contributed by atoms with Gasteiger partial charge >= 0.3 is 0 Å². The third kappa shape index (κ3) is 4.17. The summed E-state index contributed by atoms with van der Waals surface area (Å²) in [6.45, 7) is 0. The number of rotatable bonds is 6. The Kier molecular flexibility index (Phi) is 6.03. The predicted molar refractivity (Wildman–Crippen MR) is 95.9 cm³/mol. The first-order valence-electron chi connectivity index (χ1n) is 7.10. The molecule has 0 heterocycles. The zero-order valence-electron chi connectivity index (χ0n) is 13.4. The topological polar surface area (TPSA) is 85.9 Å². The van der Waals surface area contributed by atoms with Gasteiger partial charge in [-0.1, -0.05) is 18.2 Å². The Morgan fingerprint density at radius 2 is 1.83 bits per heavy atom. The van der Waals surface area contributed by atoms with Gasteiger partial charge in [-0.25, -0.2) is 4.99 Å². The number of nitrogens with two attached hydrogens (primary N) is 1. The van der Waals surface area contributed by atoms with Crippen LogP contribution in [0.25, 0.3) is 0 Å². The van der Waals surface area contributed by atoms with Crippen molar-refractivity contribution in [3.05, 3.63) is 48.0 Å². The maximum atomic E-state index is 12.3. The van der Waals surface area contributed by atoms with Crippen LogP contribution in [0.5, 0.6) is 11.5 Å². The normalized spacial score (nSPS) is 11.0. The molecule has 0 saturated heterocycles. The van der Waals surface area contributed by atoms with E-state index in [4.69, 9.17) is 26.8 Å². The summed E-state index contributed by atoms with van der Waals surface area (Å²) in [6.07, 6.45) is 0. The van der Waals surface area contributed by atoms with Crippen molar-refractivity contribution in [3.63, 3.8) is 0 Å². The summed E-state index contributed by atoms with van der Waals surface area (Å²) in [5, 5.41) is 2.80. The van der Waals surface area contributed by atoms with E-state index in [2.05, 4.69) is 10.3 Å². The number of nitrogens with one attached hydrogen (secondary N) is 1. The molecule has 0 saturated carbocycles. The van der Waals surface area contributed by atoms with Crippen LogP contribution in [0.2, 0.25) is 0 Å². The molecule has 7 heteroatoms. The average Bonchev–Trinajstić information content (AvgIpc) is 2.62. The fraction of sp³-hybridized carbons (Fsp3) is 0.176. The van der Waals surface area contributed by atoms with Crippen LogP contribution in [0.1, 0.15) is 10.4 Å². The van der Waals surface area contributed by atoms with Gasteiger partial charge in [-0.05, 0) is 12.1 Å². The van der Waals surface area contributed by atoms with Gasteiger partial charge in [0, 0.05) is 17.7 Å². The van der Waals surface area contributed by atoms with Crippen LogP contribution in [0.3, 0.4) is 0 Å². The summed E-state index contributed by atoms with van der Waals surface area (Å²) >= 11 is 5.65. The third-order valence-corrected chi connectivity index (χ3v) is 3.46. The van der Waals surface area contributed by atoms with Gasteiger partial charge in [0.15, 0.2) is 0 Å². The third-order valence-electron chi connectivity index (χ3n) is 3.19. The van der Waals surface area contributed by atoms with E-state index in [-0.39, 0.29) is 17.6 Å². The molecule has 0 bridgehead atoms. The van der Waals surface area contributed by atoms with E-state index in [1.54, 1.807) is 36.4 Å². The number of halogens is 1. The molecular weight excluding hydrogens is 330 g/mol. The molecule has 0 aliphatic carbocycles. The lowest BCUT2D eigenvalue weighted by Gasteiger charge is -2.14. The summed E-state index contributed by atoms with van der Waals surface area (Å²) in [4.78, 5) is 16.5. The smallest absolute Gasteiger partial charge is 0.255 e. The number of carbonyl (C=O) groups excluding carboxylic acids is 1. The SMILES string of the molecule is COc1cc(NC(=O)c2ccccc2)c(OC)cc1N=C(N)CCl. The highest BCUT2D eigenvalue weighted by Gasteiger charge is 2.14. The number of carbonyl (C=O) groups is 1. The maximum Gasteiger partial charge on any atom is 0.255 e. The zero-order valence-corrected chi connectivity index (χ0v) is 14.1. The van der Waals surface area contributed by atoms with Crippen LogP contribution in [-0.2, 0) is 0 Å². The van der Waals surface area contributed by atoms with Crippen molar-refractivity contribution in [1.82, 2.24) is 0 Å². The second-order valence-electron chi connectivity index (χ2n) is 4.78. The number of anilines is 1. The van der Waals surface area contributed by atoms with Gasteiger partial charge in [0.25, 0.3) is 5.91 Å². The second-order valence-corrected chi connectivity index (χ2v) is 5.05. The number of hydrogen-bond acceptors (Lipinski definition) is 4. The number of benzene rings is 2. The molecule has 2 aromatic rings. The van der Waals surface area contributed by atoms with Gasteiger partial charge in [-0.3, -0.25) is 4.79 Å². The Morgan fingerprint density at radius 3 is 2.42 bits per heavy atom. The number of amides is 1. The van der Waals surface area contributed by atoms with Crippen molar-refractivity contribution in [2.75, 3.05) is 25.4 Å². The number of methoxy groups -OCH3 is 2. The Balaban J connectivity index is 2.38. The molecule has 1 amide bonds. The molecule has 24 heavy (non-hydrogen) atoms.